The van der Waals surface area contributed by atoms with Gasteiger partial charge in [-0.2, -0.15) is 0 Å². The van der Waals surface area contributed by atoms with Crippen LogP contribution in [0.2, 0.25) is 0 Å². The van der Waals surface area contributed by atoms with Gasteiger partial charge in [0.15, 0.2) is 0 Å². The Hall–Kier alpha value is -3.22. The predicted octanol–water partition coefficient (Wildman–Crippen LogP) is 3.63. The van der Waals surface area contributed by atoms with E-state index in [0.29, 0.717) is 28.7 Å². The average molecular weight is 412 g/mol. The van der Waals surface area contributed by atoms with Gasteiger partial charge in [0.1, 0.15) is 11.5 Å². The number of rotatable bonds is 7. The van der Waals surface area contributed by atoms with Gasteiger partial charge in [0.2, 0.25) is 5.91 Å². The molecule has 160 valence electrons. The van der Waals surface area contributed by atoms with Crippen LogP contribution in [0, 0.1) is 5.92 Å². The zero-order valence-corrected chi connectivity index (χ0v) is 17.7. The van der Waals surface area contributed by atoms with Crippen LogP contribution in [0.4, 0.5) is 11.4 Å². The lowest BCUT2D eigenvalue weighted by atomic mass is 9.98. The second-order valence-electron chi connectivity index (χ2n) is 7.52. The van der Waals surface area contributed by atoms with Crippen molar-refractivity contribution in [3.63, 3.8) is 0 Å². The summed E-state index contributed by atoms with van der Waals surface area (Å²) in [6, 6.07) is 12.5. The molecule has 1 fully saturated rings. The molecule has 0 spiro atoms. The van der Waals surface area contributed by atoms with E-state index in [4.69, 9.17) is 9.47 Å². The van der Waals surface area contributed by atoms with Gasteiger partial charge in [-0.3, -0.25) is 9.59 Å². The van der Waals surface area contributed by atoms with E-state index in [1.165, 1.54) is 0 Å². The Labute approximate surface area is 177 Å². The number of carbonyl (C=O) groups is 2. The van der Waals surface area contributed by atoms with Crippen LogP contribution in [-0.4, -0.2) is 50.6 Å². The van der Waals surface area contributed by atoms with E-state index in [0.717, 1.165) is 31.6 Å². The molecular formula is C23H29N3O4. The molecule has 0 atom stereocenters. The first-order valence-corrected chi connectivity index (χ1v) is 10.1. The summed E-state index contributed by atoms with van der Waals surface area (Å²) in [4.78, 5) is 27.1. The molecule has 2 N–H and O–H groups in total. The van der Waals surface area contributed by atoms with Crippen LogP contribution in [-0.2, 0) is 4.79 Å². The maximum Gasteiger partial charge on any atom is 0.253 e. The molecule has 1 aliphatic heterocycles. The Balaban J connectivity index is 1.59. The first-order valence-electron chi connectivity index (χ1n) is 10.1. The van der Waals surface area contributed by atoms with Gasteiger partial charge in [0, 0.05) is 30.4 Å². The van der Waals surface area contributed by atoms with E-state index in [-0.39, 0.29) is 18.4 Å². The highest BCUT2D eigenvalue weighted by atomic mass is 16.5. The van der Waals surface area contributed by atoms with Crippen molar-refractivity contribution in [3.8, 4) is 11.5 Å². The van der Waals surface area contributed by atoms with Crippen LogP contribution in [0.15, 0.2) is 42.5 Å². The van der Waals surface area contributed by atoms with E-state index in [2.05, 4.69) is 17.6 Å². The monoisotopic (exact) mass is 411 g/mol. The molecule has 7 nitrogen and oxygen atoms in total. The summed E-state index contributed by atoms with van der Waals surface area (Å²) in [5, 5.41) is 5.90. The first kappa shape index (κ1) is 21.5. The van der Waals surface area contributed by atoms with Crippen LogP contribution in [0.1, 0.15) is 30.1 Å². The second-order valence-corrected chi connectivity index (χ2v) is 7.52. The number of hydrogen-bond acceptors (Lipinski definition) is 5. The van der Waals surface area contributed by atoms with E-state index < -0.39 is 0 Å². The smallest absolute Gasteiger partial charge is 0.253 e. The highest BCUT2D eigenvalue weighted by molar-refractivity contribution is 5.97. The number of carbonyl (C=O) groups excluding carboxylic acids is 2. The lowest BCUT2D eigenvalue weighted by Gasteiger charge is -2.30. The summed E-state index contributed by atoms with van der Waals surface area (Å²) in [7, 11) is 3.11. The van der Waals surface area contributed by atoms with Gasteiger partial charge in [-0.05, 0) is 49.1 Å². The van der Waals surface area contributed by atoms with Crippen molar-refractivity contribution in [2.45, 2.75) is 19.8 Å². The molecular weight excluding hydrogens is 382 g/mol. The molecule has 30 heavy (non-hydrogen) atoms. The molecule has 0 aliphatic carbocycles. The van der Waals surface area contributed by atoms with Crippen LogP contribution in [0.5, 0.6) is 11.5 Å². The lowest BCUT2D eigenvalue weighted by molar-refractivity contribution is -0.114. The largest absolute Gasteiger partial charge is 0.497 e. The summed E-state index contributed by atoms with van der Waals surface area (Å²) in [5.74, 6) is 1.65. The topological polar surface area (TPSA) is 79.9 Å². The SMILES string of the molecule is COc1ccc(OC)c(NC(=O)CNc2cccc(C(=O)N3CCC(C)CC3)c2)c1. The number of nitrogens with one attached hydrogen (secondary N) is 2. The molecule has 7 heteroatoms. The molecule has 0 aromatic heterocycles. The van der Waals surface area contributed by atoms with E-state index in [9.17, 15) is 9.59 Å². The molecule has 2 aromatic rings. The molecule has 2 amide bonds. The van der Waals surface area contributed by atoms with Gasteiger partial charge < -0.3 is 25.0 Å². The Bertz CT molecular complexity index is 892. The number of methoxy groups -OCH3 is 2. The Morgan fingerprint density at radius 1 is 1.07 bits per heavy atom. The number of amides is 2. The first-order chi connectivity index (χ1) is 14.5. The number of ether oxygens (including phenoxy) is 2. The predicted molar refractivity (Wildman–Crippen MR) is 117 cm³/mol. The highest BCUT2D eigenvalue weighted by Crippen LogP contribution is 2.28. The molecule has 0 bridgehead atoms. The summed E-state index contributed by atoms with van der Waals surface area (Å²) < 4.78 is 10.5. The fraction of sp³-hybridized carbons (Fsp3) is 0.391. The number of piperidine rings is 1. The summed E-state index contributed by atoms with van der Waals surface area (Å²) in [5.41, 5.74) is 1.88. The van der Waals surface area contributed by atoms with Crippen molar-refractivity contribution in [2.75, 3.05) is 44.5 Å². The molecule has 0 saturated carbocycles. The summed E-state index contributed by atoms with van der Waals surface area (Å²) in [6.07, 6.45) is 2.08. The third-order valence-electron chi connectivity index (χ3n) is 5.31. The fourth-order valence-electron chi connectivity index (χ4n) is 3.44. The van der Waals surface area contributed by atoms with Crippen LogP contribution < -0.4 is 20.1 Å². The van der Waals surface area contributed by atoms with Crippen LogP contribution >= 0.6 is 0 Å². The van der Waals surface area contributed by atoms with Crippen molar-refractivity contribution in [1.29, 1.82) is 0 Å². The number of hydrogen-bond donors (Lipinski definition) is 2. The second kappa shape index (κ2) is 10.0. The van der Waals surface area contributed by atoms with Crippen LogP contribution in [0.25, 0.3) is 0 Å². The minimum absolute atomic E-state index is 0.0381. The molecule has 1 heterocycles. The van der Waals surface area contributed by atoms with Gasteiger partial charge >= 0.3 is 0 Å². The van der Waals surface area contributed by atoms with Gasteiger partial charge in [0.05, 0.1) is 26.5 Å². The normalized spacial score (nSPS) is 14.2. The van der Waals surface area contributed by atoms with Crippen molar-refractivity contribution >= 4 is 23.2 Å². The molecule has 0 unspecified atom stereocenters. The Morgan fingerprint density at radius 2 is 1.83 bits per heavy atom. The molecule has 1 aliphatic rings. The molecule has 2 aromatic carbocycles. The number of nitrogens with zero attached hydrogens (tertiary/aromatic N) is 1. The Morgan fingerprint density at radius 3 is 2.53 bits per heavy atom. The average Bonchev–Trinajstić information content (AvgIpc) is 2.78. The fourth-order valence-corrected chi connectivity index (χ4v) is 3.44. The summed E-state index contributed by atoms with van der Waals surface area (Å²) in [6.45, 7) is 3.86. The minimum Gasteiger partial charge on any atom is -0.497 e. The number of benzene rings is 2. The van der Waals surface area contributed by atoms with Crippen LogP contribution in [0.3, 0.4) is 0 Å². The van der Waals surface area contributed by atoms with Gasteiger partial charge in [-0.1, -0.05) is 13.0 Å². The van der Waals surface area contributed by atoms with Gasteiger partial charge in [-0.25, -0.2) is 0 Å². The van der Waals surface area contributed by atoms with E-state index in [1.54, 1.807) is 38.5 Å². The van der Waals surface area contributed by atoms with Gasteiger partial charge in [-0.15, -0.1) is 0 Å². The minimum atomic E-state index is -0.233. The highest BCUT2D eigenvalue weighted by Gasteiger charge is 2.21. The van der Waals surface area contributed by atoms with Gasteiger partial charge in [0.25, 0.3) is 5.91 Å². The maximum atomic E-state index is 12.8. The van der Waals surface area contributed by atoms with Crippen molar-refractivity contribution in [3.05, 3.63) is 48.0 Å². The van der Waals surface area contributed by atoms with E-state index in [1.807, 2.05) is 23.1 Å². The molecule has 1 saturated heterocycles. The standard InChI is InChI=1S/C23H29N3O4/c1-16-9-11-26(12-10-16)23(28)17-5-4-6-18(13-17)24-15-22(27)25-20-14-19(29-2)7-8-21(20)30-3/h4-8,13-14,16,24H,9-12,15H2,1-3H3,(H,25,27). The number of likely N-dealkylation sites (tertiary alicyclic amines) is 1. The molecule has 0 radical (unpaired) electrons. The maximum absolute atomic E-state index is 12.8. The van der Waals surface area contributed by atoms with Crippen molar-refractivity contribution in [1.82, 2.24) is 4.90 Å². The molecule has 3 rings (SSSR count). The Kier molecular flexibility index (Phi) is 7.17. The summed E-state index contributed by atoms with van der Waals surface area (Å²) >= 11 is 0. The third-order valence-corrected chi connectivity index (χ3v) is 5.31. The lowest BCUT2D eigenvalue weighted by Crippen LogP contribution is -2.37. The number of anilines is 2. The zero-order valence-electron chi connectivity index (χ0n) is 17.7. The van der Waals surface area contributed by atoms with E-state index >= 15 is 0 Å². The quantitative estimate of drug-likeness (QED) is 0.727. The zero-order chi connectivity index (χ0) is 21.5. The van der Waals surface area contributed by atoms with Crippen molar-refractivity contribution < 1.29 is 19.1 Å². The van der Waals surface area contributed by atoms with Crippen molar-refractivity contribution in [2.24, 2.45) is 5.92 Å². The third kappa shape index (κ3) is 5.43.